The molecule has 45 heavy (non-hydrogen) atoms. The maximum absolute atomic E-state index is 14.0. The van der Waals surface area contributed by atoms with E-state index in [1.807, 2.05) is 0 Å². The molecule has 230 valence electrons. The van der Waals surface area contributed by atoms with Gasteiger partial charge in [-0.1, -0.05) is 46.3 Å². The standard InChI is InChI=1S/C31H23Cl2N3O7S2/c1-2-42-30(40)15-3-8-18(9-4-15)34-22(37)14-43-21-12-7-17(33)13-20(21)23-24-26(44-27-25(23)45-31(41)35-27)29(39)36(28(24)38)19-10-5-16(32)6-11-19/h3-13,23-24,26H,2,14H2,1H3,(H,34,37)(H,35,41)/t23-,24?,26?/m1/s1. The van der Waals surface area contributed by atoms with E-state index in [4.69, 9.17) is 32.7 Å². The molecule has 3 amide bonds. The third-order valence-electron chi connectivity index (χ3n) is 7.25. The van der Waals surface area contributed by atoms with Gasteiger partial charge in [0.25, 0.3) is 5.91 Å². The monoisotopic (exact) mass is 683 g/mol. The van der Waals surface area contributed by atoms with E-state index in [0.717, 1.165) is 28.0 Å². The van der Waals surface area contributed by atoms with Crippen molar-refractivity contribution in [3.8, 4) is 5.75 Å². The molecule has 0 bridgehead atoms. The van der Waals surface area contributed by atoms with Crippen molar-refractivity contribution in [2.45, 2.75) is 23.1 Å². The summed E-state index contributed by atoms with van der Waals surface area (Å²) in [5, 5.41) is 3.17. The van der Waals surface area contributed by atoms with Crippen molar-refractivity contribution in [2.75, 3.05) is 23.4 Å². The molecular formula is C31H23Cl2N3O7S2. The lowest BCUT2D eigenvalue weighted by Crippen LogP contribution is -2.32. The van der Waals surface area contributed by atoms with Crippen LogP contribution in [0.1, 0.15) is 33.6 Å². The molecule has 3 heterocycles. The number of nitrogens with one attached hydrogen (secondary N) is 2. The first-order valence-electron chi connectivity index (χ1n) is 13.7. The number of aromatic nitrogens is 1. The number of fused-ring (bicyclic) bond motifs is 2. The second kappa shape index (κ2) is 12.7. The van der Waals surface area contributed by atoms with Crippen LogP contribution in [0.4, 0.5) is 11.4 Å². The molecule has 1 aromatic heterocycles. The highest BCUT2D eigenvalue weighted by Crippen LogP contribution is 2.54. The number of carbonyl (C=O) groups is 4. The van der Waals surface area contributed by atoms with Crippen molar-refractivity contribution in [1.82, 2.24) is 4.98 Å². The lowest BCUT2D eigenvalue weighted by molar-refractivity contribution is -0.122. The van der Waals surface area contributed by atoms with E-state index < -0.39 is 47.4 Å². The van der Waals surface area contributed by atoms with Crippen molar-refractivity contribution in [3.63, 3.8) is 0 Å². The number of anilines is 2. The number of ether oxygens (including phenoxy) is 2. The van der Waals surface area contributed by atoms with Gasteiger partial charge < -0.3 is 19.8 Å². The summed E-state index contributed by atoms with van der Waals surface area (Å²) in [4.78, 5) is 69.1. The maximum atomic E-state index is 14.0. The smallest absolute Gasteiger partial charge is 0.338 e. The molecule has 2 aliphatic heterocycles. The molecule has 4 aromatic rings. The van der Waals surface area contributed by atoms with Gasteiger partial charge in [0.1, 0.15) is 11.0 Å². The van der Waals surface area contributed by atoms with Gasteiger partial charge in [0, 0.05) is 32.1 Å². The van der Waals surface area contributed by atoms with Crippen molar-refractivity contribution < 1.29 is 28.7 Å². The minimum atomic E-state index is -0.885. The van der Waals surface area contributed by atoms with E-state index in [-0.39, 0.29) is 17.2 Å². The van der Waals surface area contributed by atoms with E-state index in [0.29, 0.717) is 42.5 Å². The minimum absolute atomic E-state index is 0.248. The van der Waals surface area contributed by atoms with Crippen LogP contribution < -0.4 is 19.8 Å². The number of benzene rings is 3. The number of aromatic amines is 1. The van der Waals surface area contributed by atoms with Crippen LogP contribution in [0.2, 0.25) is 10.0 Å². The highest BCUT2D eigenvalue weighted by molar-refractivity contribution is 8.00. The first-order valence-corrected chi connectivity index (χ1v) is 16.1. The van der Waals surface area contributed by atoms with E-state index >= 15 is 0 Å². The Morgan fingerprint density at radius 2 is 1.67 bits per heavy atom. The number of nitrogens with zero attached hydrogens (tertiary/aromatic N) is 1. The van der Waals surface area contributed by atoms with Crippen LogP contribution in [0.15, 0.2) is 76.6 Å². The number of thiazole rings is 1. The lowest BCUT2D eigenvalue weighted by Gasteiger charge is -2.31. The highest BCUT2D eigenvalue weighted by atomic mass is 35.5. The number of amides is 3. The van der Waals surface area contributed by atoms with Gasteiger partial charge in [-0.25, -0.2) is 9.69 Å². The first kappa shape index (κ1) is 30.9. The Kier molecular flexibility index (Phi) is 8.74. The van der Waals surface area contributed by atoms with Gasteiger partial charge in [-0.15, -0.1) is 0 Å². The van der Waals surface area contributed by atoms with Crippen molar-refractivity contribution in [1.29, 1.82) is 0 Å². The molecule has 3 aromatic carbocycles. The zero-order chi connectivity index (χ0) is 31.8. The van der Waals surface area contributed by atoms with Crippen LogP contribution in [0.3, 0.4) is 0 Å². The van der Waals surface area contributed by atoms with Gasteiger partial charge in [-0.3, -0.25) is 19.2 Å². The first-order chi connectivity index (χ1) is 21.6. The summed E-state index contributed by atoms with van der Waals surface area (Å²) in [6.07, 6.45) is 0. The summed E-state index contributed by atoms with van der Waals surface area (Å²) >= 11 is 14.6. The number of H-pyrrole nitrogens is 1. The summed E-state index contributed by atoms with van der Waals surface area (Å²) < 4.78 is 10.9. The van der Waals surface area contributed by atoms with E-state index in [1.165, 1.54) is 12.1 Å². The fourth-order valence-electron chi connectivity index (χ4n) is 5.34. The molecule has 2 aliphatic rings. The average molecular weight is 685 g/mol. The molecule has 3 atom stereocenters. The number of imide groups is 1. The maximum Gasteiger partial charge on any atom is 0.338 e. The lowest BCUT2D eigenvalue weighted by atomic mass is 9.82. The third-order valence-corrected chi connectivity index (χ3v) is 10.1. The van der Waals surface area contributed by atoms with Crippen molar-refractivity contribution in [2.24, 2.45) is 5.92 Å². The fraction of sp³-hybridized carbons (Fsp3) is 0.194. The summed E-state index contributed by atoms with van der Waals surface area (Å²) in [7, 11) is 0. The van der Waals surface area contributed by atoms with Gasteiger partial charge >= 0.3 is 10.8 Å². The molecule has 0 saturated carbocycles. The Bertz CT molecular complexity index is 1880. The molecule has 0 spiro atoms. The van der Waals surface area contributed by atoms with Crippen LogP contribution >= 0.6 is 46.3 Å². The molecule has 0 radical (unpaired) electrons. The van der Waals surface area contributed by atoms with Gasteiger partial charge in [0.2, 0.25) is 11.8 Å². The van der Waals surface area contributed by atoms with E-state index in [1.54, 1.807) is 61.5 Å². The van der Waals surface area contributed by atoms with Crippen LogP contribution in [-0.2, 0) is 19.1 Å². The molecule has 2 N–H and O–H groups in total. The normalized spacial score (nSPS) is 18.7. The Morgan fingerprint density at radius 3 is 2.38 bits per heavy atom. The predicted molar refractivity (Wildman–Crippen MR) is 172 cm³/mol. The van der Waals surface area contributed by atoms with Gasteiger partial charge in [0.05, 0.1) is 28.8 Å². The second-order valence-electron chi connectivity index (χ2n) is 10.1. The average Bonchev–Trinajstić information content (AvgIpc) is 3.51. The minimum Gasteiger partial charge on any atom is -0.483 e. The third kappa shape index (κ3) is 6.10. The molecule has 1 saturated heterocycles. The second-order valence-corrected chi connectivity index (χ2v) is 13.1. The zero-order valence-electron chi connectivity index (χ0n) is 23.4. The van der Waals surface area contributed by atoms with Crippen LogP contribution in [-0.4, -0.2) is 47.1 Å². The topological polar surface area (TPSA) is 135 Å². The molecule has 14 heteroatoms. The number of hydrogen-bond acceptors (Lipinski definition) is 9. The van der Waals surface area contributed by atoms with E-state index in [2.05, 4.69) is 10.3 Å². The summed E-state index contributed by atoms with van der Waals surface area (Å²) in [5.41, 5.74) is 1.63. The van der Waals surface area contributed by atoms with Gasteiger partial charge in [0.15, 0.2) is 6.61 Å². The number of carbonyl (C=O) groups excluding carboxylic acids is 4. The van der Waals surface area contributed by atoms with Gasteiger partial charge in [-0.05, 0) is 73.7 Å². The van der Waals surface area contributed by atoms with Crippen molar-refractivity contribution in [3.05, 3.63) is 102 Å². The SMILES string of the molecule is CCOC(=O)c1ccc(NC(=O)COc2ccc(Cl)cc2[C@H]2c3sc(=O)[nH]c3SC3C(=O)N(c4ccc(Cl)cc4)C(=O)C32)cc1. The van der Waals surface area contributed by atoms with Crippen LogP contribution in [0, 0.1) is 5.92 Å². The van der Waals surface area contributed by atoms with E-state index in [9.17, 15) is 24.0 Å². The quantitative estimate of drug-likeness (QED) is 0.178. The molecule has 10 nitrogen and oxygen atoms in total. The van der Waals surface area contributed by atoms with Crippen LogP contribution in [0.5, 0.6) is 5.75 Å². The molecule has 2 unspecified atom stereocenters. The van der Waals surface area contributed by atoms with Crippen molar-refractivity contribution >= 4 is 81.4 Å². The predicted octanol–water partition coefficient (Wildman–Crippen LogP) is 5.73. The Balaban J connectivity index is 1.28. The number of thioether (sulfide) groups is 1. The molecule has 6 rings (SSSR count). The highest BCUT2D eigenvalue weighted by Gasteiger charge is 2.56. The molecule has 0 aliphatic carbocycles. The largest absolute Gasteiger partial charge is 0.483 e. The summed E-state index contributed by atoms with van der Waals surface area (Å²) in [6.45, 7) is 1.56. The van der Waals surface area contributed by atoms with Crippen LogP contribution in [0.25, 0.3) is 0 Å². The zero-order valence-corrected chi connectivity index (χ0v) is 26.5. The number of hydrogen-bond donors (Lipinski definition) is 2. The summed E-state index contributed by atoms with van der Waals surface area (Å²) in [6, 6.07) is 17.4. The Morgan fingerprint density at radius 1 is 0.956 bits per heavy atom. The molecular weight excluding hydrogens is 661 g/mol. The number of halogens is 2. The number of esters is 1. The molecule has 1 fully saturated rings. The Labute approximate surface area is 274 Å². The Hall–Kier alpha value is -4.10. The fourth-order valence-corrected chi connectivity index (χ4v) is 8.15. The number of rotatable bonds is 8. The van der Waals surface area contributed by atoms with Gasteiger partial charge in [-0.2, -0.15) is 0 Å². The summed E-state index contributed by atoms with van der Waals surface area (Å²) in [5.74, 6) is -3.19.